The molecule has 0 saturated carbocycles. The van der Waals surface area contributed by atoms with E-state index in [-0.39, 0.29) is 10.6 Å². The van der Waals surface area contributed by atoms with E-state index < -0.39 is 0 Å². The summed E-state index contributed by atoms with van der Waals surface area (Å²) < 4.78 is 0. The first kappa shape index (κ1) is 13.3. The summed E-state index contributed by atoms with van der Waals surface area (Å²) in [6.07, 6.45) is 8.56. The van der Waals surface area contributed by atoms with Crippen LogP contribution in [0.3, 0.4) is 0 Å². The van der Waals surface area contributed by atoms with Crippen LogP contribution >= 0.6 is 21.6 Å². The molecule has 0 unspecified atom stereocenters. The van der Waals surface area contributed by atoms with Gasteiger partial charge in [0, 0.05) is 24.4 Å². The van der Waals surface area contributed by atoms with Gasteiger partial charge >= 0.3 is 0 Å². The third kappa shape index (κ3) is 4.87. The highest BCUT2D eigenvalue weighted by Gasteiger charge is 2.07. The van der Waals surface area contributed by atoms with Gasteiger partial charge in [-0.15, -0.1) is 0 Å². The molecule has 16 heavy (non-hydrogen) atoms. The molecule has 88 valence electrons. The predicted molar refractivity (Wildman–Crippen MR) is 70.6 cm³/mol. The highest BCUT2D eigenvalue weighted by atomic mass is 33.1. The normalized spacial score (nSPS) is 24.6. The maximum atomic E-state index is 10.6. The Hall–Kier alpha value is -0.720. The molecule has 6 heteroatoms. The lowest BCUT2D eigenvalue weighted by Gasteiger charge is -2.05. The fraction of sp³-hybridized carbons (Fsp3) is 0.400. The van der Waals surface area contributed by atoms with Crippen molar-refractivity contribution < 1.29 is 4.92 Å². The van der Waals surface area contributed by atoms with Crippen molar-refractivity contribution in [2.24, 2.45) is 5.73 Å². The molecule has 1 aliphatic rings. The summed E-state index contributed by atoms with van der Waals surface area (Å²) in [5.74, 6) is 0.893. The number of hydrogen-bond donors (Lipinski definition) is 1. The molecule has 0 bridgehead atoms. The largest absolute Gasteiger partial charge is 0.330 e. The molecule has 0 fully saturated rings. The summed E-state index contributed by atoms with van der Waals surface area (Å²) >= 11 is 0. The van der Waals surface area contributed by atoms with Gasteiger partial charge in [0.1, 0.15) is 0 Å². The van der Waals surface area contributed by atoms with E-state index in [0.717, 1.165) is 23.5 Å². The lowest BCUT2D eigenvalue weighted by atomic mass is 10.2. The van der Waals surface area contributed by atoms with Crippen molar-refractivity contribution in [2.75, 3.05) is 12.3 Å². The smallest absolute Gasteiger partial charge is 0.269 e. The van der Waals surface area contributed by atoms with Gasteiger partial charge in [-0.1, -0.05) is 27.7 Å². The SMILES string of the molecule is NCCSS/C1=C/C=C([N+](=O)[O-])\C=C/CC1. The lowest BCUT2D eigenvalue weighted by molar-refractivity contribution is -0.419. The van der Waals surface area contributed by atoms with Crippen molar-refractivity contribution >= 4 is 21.6 Å². The van der Waals surface area contributed by atoms with Crippen molar-refractivity contribution in [3.8, 4) is 0 Å². The van der Waals surface area contributed by atoms with E-state index in [9.17, 15) is 10.1 Å². The van der Waals surface area contributed by atoms with Gasteiger partial charge in [0.2, 0.25) is 0 Å². The minimum atomic E-state index is -0.367. The summed E-state index contributed by atoms with van der Waals surface area (Å²) in [4.78, 5) is 11.4. The summed E-state index contributed by atoms with van der Waals surface area (Å²) in [5, 5.41) is 10.6. The number of nitro groups is 1. The molecule has 0 heterocycles. The molecule has 1 rings (SSSR count). The van der Waals surface area contributed by atoms with Crippen molar-refractivity contribution in [1.29, 1.82) is 0 Å². The molecular formula is C10H14N2O2S2. The van der Waals surface area contributed by atoms with Gasteiger partial charge in [0.15, 0.2) is 0 Å². The Morgan fingerprint density at radius 1 is 1.50 bits per heavy atom. The molecule has 1 aliphatic carbocycles. The number of hydrogen-bond acceptors (Lipinski definition) is 5. The Kier molecular flexibility index (Phi) is 6.29. The Morgan fingerprint density at radius 3 is 3.00 bits per heavy atom. The molecule has 0 aliphatic heterocycles. The van der Waals surface area contributed by atoms with Crippen molar-refractivity contribution in [3.05, 3.63) is 45.0 Å². The van der Waals surface area contributed by atoms with Gasteiger partial charge in [0.05, 0.1) is 4.92 Å². The Bertz CT molecular complexity index is 338. The van der Waals surface area contributed by atoms with E-state index in [0.29, 0.717) is 6.54 Å². The standard InChI is InChI=1S/C10H14N2O2S2/c11-7-8-15-16-10-4-2-1-3-9(5-6-10)12(13)14/h1,3,5-6H,2,4,7-8,11H2/b3-1-,9-5+,10-6+. The van der Waals surface area contributed by atoms with Crippen LogP contribution in [0.4, 0.5) is 0 Å². The minimum Gasteiger partial charge on any atom is -0.330 e. The molecule has 4 nitrogen and oxygen atoms in total. The molecule has 0 aromatic heterocycles. The second-order valence-electron chi connectivity index (χ2n) is 3.12. The van der Waals surface area contributed by atoms with Crippen LogP contribution in [0.1, 0.15) is 12.8 Å². The zero-order valence-corrected chi connectivity index (χ0v) is 10.4. The van der Waals surface area contributed by atoms with Crippen LogP contribution in [0.25, 0.3) is 0 Å². The highest BCUT2D eigenvalue weighted by molar-refractivity contribution is 8.78. The van der Waals surface area contributed by atoms with E-state index in [2.05, 4.69) is 0 Å². The molecule has 2 N–H and O–H groups in total. The fourth-order valence-corrected chi connectivity index (χ4v) is 3.17. The second kappa shape index (κ2) is 7.54. The predicted octanol–water partition coefficient (Wildman–Crippen LogP) is 2.72. The van der Waals surface area contributed by atoms with Crippen molar-refractivity contribution in [1.82, 2.24) is 0 Å². The molecule has 0 aromatic rings. The van der Waals surface area contributed by atoms with E-state index >= 15 is 0 Å². The lowest BCUT2D eigenvalue weighted by Crippen LogP contribution is -2.00. The Labute approximate surface area is 103 Å². The summed E-state index contributed by atoms with van der Waals surface area (Å²) in [6, 6.07) is 0. The molecule has 0 spiro atoms. The molecule has 0 aromatic carbocycles. The summed E-state index contributed by atoms with van der Waals surface area (Å²) in [7, 11) is 3.34. The van der Waals surface area contributed by atoms with Crippen LogP contribution in [0.5, 0.6) is 0 Å². The monoisotopic (exact) mass is 258 g/mol. The van der Waals surface area contributed by atoms with Gasteiger partial charge in [-0.05, 0) is 23.8 Å². The van der Waals surface area contributed by atoms with Crippen LogP contribution in [-0.2, 0) is 0 Å². The maximum absolute atomic E-state index is 10.6. The van der Waals surface area contributed by atoms with Crippen molar-refractivity contribution in [2.45, 2.75) is 12.8 Å². The highest BCUT2D eigenvalue weighted by Crippen LogP contribution is 2.33. The first-order valence-corrected chi connectivity index (χ1v) is 7.27. The van der Waals surface area contributed by atoms with E-state index in [1.54, 1.807) is 33.7 Å². The maximum Gasteiger partial charge on any atom is 0.269 e. The quantitative estimate of drug-likeness (QED) is 0.355. The van der Waals surface area contributed by atoms with Crippen LogP contribution in [0.2, 0.25) is 0 Å². The molecule has 0 atom stereocenters. The van der Waals surface area contributed by atoms with Gasteiger partial charge in [0.25, 0.3) is 5.70 Å². The Balaban J connectivity index is 2.61. The van der Waals surface area contributed by atoms with Crippen LogP contribution in [-0.4, -0.2) is 17.2 Å². The topological polar surface area (TPSA) is 69.2 Å². The average molecular weight is 258 g/mol. The van der Waals surface area contributed by atoms with Crippen LogP contribution in [0.15, 0.2) is 34.9 Å². The fourth-order valence-electron chi connectivity index (χ4n) is 1.10. The van der Waals surface area contributed by atoms with Crippen LogP contribution < -0.4 is 5.73 Å². The first-order valence-electron chi connectivity index (χ1n) is 4.95. The molecule has 0 radical (unpaired) electrons. The Morgan fingerprint density at radius 2 is 2.31 bits per heavy atom. The first-order chi connectivity index (χ1) is 7.74. The molecular weight excluding hydrogens is 244 g/mol. The third-order valence-corrected chi connectivity index (χ3v) is 4.43. The van der Waals surface area contributed by atoms with Crippen LogP contribution in [0, 0.1) is 10.1 Å². The average Bonchev–Trinajstić information content (AvgIpc) is 2.21. The minimum absolute atomic E-state index is 0.140. The van der Waals surface area contributed by atoms with Gasteiger partial charge in [-0.2, -0.15) is 0 Å². The zero-order valence-electron chi connectivity index (χ0n) is 8.80. The van der Waals surface area contributed by atoms with E-state index in [1.807, 2.05) is 12.2 Å². The van der Waals surface area contributed by atoms with E-state index in [4.69, 9.17) is 5.73 Å². The third-order valence-electron chi connectivity index (χ3n) is 1.86. The van der Waals surface area contributed by atoms with E-state index in [1.165, 1.54) is 0 Å². The molecule has 0 amide bonds. The number of nitrogens with zero attached hydrogens (tertiary/aromatic N) is 1. The second-order valence-corrected chi connectivity index (χ2v) is 5.66. The number of nitrogens with two attached hydrogens (primary N) is 1. The molecule has 0 saturated heterocycles. The summed E-state index contributed by atoms with van der Waals surface area (Å²) in [5.41, 5.74) is 5.54. The van der Waals surface area contributed by atoms with Gasteiger partial charge < -0.3 is 5.73 Å². The van der Waals surface area contributed by atoms with Gasteiger partial charge in [-0.3, -0.25) is 10.1 Å². The summed E-state index contributed by atoms with van der Waals surface area (Å²) in [6.45, 7) is 0.654. The number of allylic oxidation sites excluding steroid dienone is 5. The van der Waals surface area contributed by atoms with Crippen molar-refractivity contribution in [3.63, 3.8) is 0 Å². The van der Waals surface area contributed by atoms with Gasteiger partial charge in [-0.25, -0.2) is 0 Å². The number of rotatable bonds is 5. The zero-order chi connectivity index (χ0) is 11.8.